The van der Waals surface area contributed by atoms with Crippen molar-refractivity contribution in [3.05, 3.63) is 75.7 Å². The molecule has 2 N–H and O–H groups in total. The van der Waals surface area contributed by atoms with Crippen molar-refractivity contribution in [2.24, 2.45) is 0 Å². The highest BCUT2D eigenvalue weighted by Crippen LogP contribution is 2.30. The molecule has 0 unspecified atom stereocenters. The summed E-state index contributed by atoms with van der Waals surface area (Å²) in [4.78, 5) is 22.4. The lowest BCUT2D eigenvalue weighted by Gasteiger charge is -2.12. The fourth-order valence-corrected chi connectivity index (χ4v) is 3.71. The van der Waals surface area contributed by atoms with E-state index >= 15 is 0 Å². The van der Waals surface area contributed by atoms with Gasteiger partial charge in [0.2, 0.25) is 0 Å². The van der Waals surface area contributed by atoms with Gasteiger partial charge in [-0.1, -0.05) is 5.16 Å². The van der Waals surface area contributed by atoms with E-state index in [1.54, 1.807) is 13.0 Å². The summed E-state index contributed by atoms with van der Waals surface area (Å²) in [5.74, 6) is 0.317. The molecule has 0 bridgehead atoms. The molecule has 11 nitrogen and oxygen atoms in total. The number of hydrogen-bond donors (Lipinski definition) is 2. The first-order valence-corrected chi connectivity index (χ1v) is 10.3. The van der Waals surface area contributed by atoms with E-state index in [1.807, 2.05) is 0 Å². The third-order valence-electron chi connectivity index (χ3n) is 4.17. The average molecular weight is 446 g/mol. The number of nitrogens with one attached hydrogen (secondary N) is 2. The molecule has 162 valence electrons. The van der Waals surface area contributed by atoms with Crippen LogP contribution in [-0.4, -0.2) is 31.5 Å². The highest BCUT2D eigenvalue weighted by Gasteiger charge is 2.20. The molecule has 0 saturated heterocycles. The minimum atomic E-state index is -4.09. The first kappa shape index (κ1) is 21.8. The SMILES string of the molecule is COc1ccc([N+](=O)[O-])cc1NS(=O)(=O)c1ccc(C(=O)NCc2cc(C)on2)cc1. The average Bonchev–Trinajstić information content (AvgIpc) is 3.17. The number of benzene rings is 2. The Balaban J connectivity index is 1.74. The molecule has 0 spiro atoms. The van der Waals surface area contributed by atoms with Gasteiger partial charge in [-0.05, 0) is 37.3 Å². The molecule has 0 atom stereocenters. The van der Waals surface area contributed by atoms with Crippen molar-refractivity contribution >= 4 is 27.3 Å². The second kappa shape index (κ2) is 8.83. The third kappa shape index (κ3) is 5.17. The Morgan fingerprint density at radius 1 is 1.19 bits per heavy atom. The van der Waals surface area contributed by atoms with Crippen LogP contribution in [0.25, 0.3) is 0 Å². The van der Waals surface area contributed by atoms with Crippen molar-refractivity contribution < 1.29 is 27.4 Å². The number of methoxy groups -OCH3 is 1. The van der Waals surface area contributed by atoms with E-state index < -0.39 is 20.9 Å². The second-order valence-corrected chi connectivity index (χ2v) is 8.07. The first-order valence-electron chi connectivity index (χ1n) is 8.85. The molecular formula is C19H18N4O7S. The fourth-order valence-electron chi connectivity index (χ4n) is 2.65. The summed E-state index contributed by atoms with van der Waals surface area (Å²) in [5.41, 5.74) is 0.418. The lowest BCUT2D eigenvalue weighted by Crippen LogP contribution is -2.23. The first-order chi connectivity index (χ1) is 14.7. The molecule has 0 aliphatic carbocycles. The van der Waals surface area contributed by atoms with E-state index in [4.69, 9.17) is 9.26 Å². The van der Waals surface area contributed by atoms with Gasteiger partial charge in [0, 0.05) is 23.8 Å². The Morgan fingerprint density at radius 3 is 2.48 bits per heavy atom. The summed E-state index contributed by atoms with van der Waals surface area (Å²) < 4.78 is 37.6. The van der Waals surface area contributed by atoms with Gasteiger partial charge in [-0.25, -0.2) is 8.42 Å². The van der Waals surface area contributed by atoms with Gasteiger partial charge in [-0.3, -0.25) is 19.6 Å². The van der Waals surface area contributed by atoms with Crippen LogP contribution < -0.4 is 14.8 Å². The predicted molar refractivity (Wildman–Crippen MR) is 109 cm³/mol. The molecule has 2 aromatic carbocycles. The van der Waals surface area contributed by atoms with Gasteiger partial charge < -0.3 is 14.6 Å². The lowest BCUT2D eigenvalue weighted by atomic mass is 10.2. The highest BCUT2D eigenvalue weighted by atomic mass is 32.2. The number of ether oxygens (including phenoxy) is 1. The summed E-state index contributed by atoms with van der Waals surface area (Å²) in [5, 5.41) is 17.4. The van der Waals surface area contributed by atoms with Crippen LogP contribution in [-0.2, 0) is 16.6 Å². The number of anilines is 1. The van der Waals surface area contributed by atoms with Crippen molar-refractivity contribution in [3.8, 4) is 5.75 Å². The molecule has 0 radical (unpaired) electrons. The number of aryl methyl sites for hydroxylation is 1. The van der Waals surface area contributed by atoms with Crippen LogP contribution in [0.5, 0.6) is 5.75 Å². The predicted octanol–water partition coefficient (Wildman–Crippen LogP) is 2.63. The van der Waals surface area contributed by atoms with E-state index in [1.165, 1.54) is 43.5 Å². The van der Waals surface area contributed by atoms with Crippen molar-refractivity contribution in [2.75, 3.05) is 11.8 Å². The van der Waals surface area contributed by atoms with Crippen molar-refractivity contribution in [3.63, 3.8) is 0 Å². The van der Waals surface area contributed by atoms with Crippen molar-refractivity contribution in [1.29, 1.82) is 0 Å². The number of amides is 1. The van der Waals surface area contributed by atoms with Crippen LogP contribution in [0.4, 0.5) is 11.4 Å². The molecule has 0 fully saturated rings. The Labute approximate surface area is 177 Å². The monoisotopic (exact) mass is 446 g/mol. The normalized spacial score (nSPS) is 11.0. The van der Waals surface area contributed by atoms with Crippen LogP contribution in [0.2, 0.25) is 0 Å². The molecule has 0 aliphatic heterocycles. The number of nitro benzene ring substituents is 1. The molecule has 12 heteroatoms. The number of nitro groups is 1. The number of sulfonamides is 1. The van der Waals surface area contributed by atoms with E-state index in [0.717, 1.165) is 6.07 Å². The molecule has 1 amide bonds. The Morgan fingerprint density at radius 2 is 1.90 bits per heavy atom. The number of nitrogens with zero attached hydrogens (tertiary/aromatic N) is 2. The second-order valence-electron chi connectivity index (χ2n) is 6.38. The zero-order valence-electron chi connectivity index (χ0n) is 16.5. The van der Waals surface area contributed by atoms with Crippen LogP contribution in [0, 0.1) is 17.0 Å². The van der Waals surface area contributed by atoms with Gasteiger partial charge in [0.05, 0.1) is 29.2 Å². The molecular weight excluding hydrogens is 428 g/mol. The van der Waals surface area contributed by atoms with Gasteiger partial charge in [0.25, 0.3) is 21.6 Å². The Bertz CT molecular complexity index is 1220. The third-order valence-corrected chi connectivity index (χ3v) is 5.55. The quantitative estimate of drug-likeness (QED) is 0.395. The summed E-state index contributed by atoms with van der Waals surface area (Å²) >= 11 is 0. The van der Waals surface area contributed by atoms with Gasteiger partial charge in [-0.15, -0.1) is 0 Å². The maximum Gasteiger partial charge on any atom is 0.271 e. The maximum absolute atomic E-state index is 12.7. The minimum absolute atomic E-state index is 0.0820. The van der Waals surface area contributed by atoms with Crippen LogP contribution in [0.3, 0.4) is 0 Å². The Hall–Kier alpha value is -3.93. The van der Waals surface area contributed by atoms with E-state index in [9.17, 15) is 23.3 Å². The van der Waals surface area contributed by atoms with Crippen LogP contribution >= 0.6 is 0 Å². The summed E-state index contributed by atoms with van der Waals surface area (Å²) in [7, 11) is -2.78. The maximum atomic E-state index is 12.7. The summed E-state index contributed by atoms with van der Waals surface area (Å²) in [6, 6.07) is 10.4. The number of aromatic nitrogens is 1. The highest BCUT2D eigenvalue weighted by molar-refractivity contribution is 7.92. The molecule has 1 aromatic heterocycles. The van der Waals surface area contributed by atoms with E-state index in [-0.39, 0.29) is 34.1 Å². The number of carbonyl (C=O) groups is 1. The minimum Gasteiger partial charge on any atom is -0.495 e. The van der Waals surface area contributed by atoms with Gasteiger partial charge in [0.15, 0.2) is 0 Å². The number of non-ortho nitro benzene ring substituents is 1. The molecule has 3 aromatic rings. The van der Waals surface area contributed by atoms with Crippen LogP contribution in [0.1, 0.15) is 21.8 Å². The standard InChI is InChI=1S/C19H18N4O7S/c1-12-9-14(21-30-12)11-20-19(24)13-3-6-16(7-4-13)31(27,28)22-17-10-15(23(25)26)5-8-18(17)29-2/h3-10,22H,11H2,1-2H3,(H,20,24). The van der Waals surface area contributed by atoms with E-state index in [2.05, 4.69) is 15.2 Å². The molecule has 0 saturated carbocycles. The zero-order chi connectivity index (χ0) is 22.6. The zero-order valence-corrected chi connectivity index (χ0v) is 17.3. The number of hydrogen-bond acceptors (Lipinski definition) is 8. The molecule has 0 aliphatic rings. The van der Waals surface area contributed by atoms with Crippen molar-refractivity contribution in [1.82, 2.24) is 10.5 Å². The smallest absolute Gasteiger partial charge is 0.271 e. The van der Waals surface area contributed by atoms with Crippen molar-refractivity contribution in [2.45, 2.75) is 18.4 Å². The largest absolute Gasteiger partial charge is 0.495 e. The lowest BCUT2D eigenvalue weighted by molar-refractivity contribution is -0.384. The topological polar surface area (TPSA) is 154 Å². The molecule has 1 heterocycles. The summed E-state index contributed by atoms with van der Waals surface area (Å²) in [6.07, 6.45) is 0. The van der Waals surface area contributed by atoms with E-state index in [0.29, 0.717) is 11.5 Å². The van der Waals surface area contributed by atoms with Gasteiger partial charge in [0.1, 0.15) is 17.2 Å². The van der Waals surface area contributed by atoms with Crippen LogP contribution in [0.15, 0.2) is 57.9 Å². The number of carbonyl (C=O) groups excluding carboxylic acids is 1. The summed E-state index contributed by atoms with van der Waals surface area (Å²) in [6.45, 7) is 1.89. The number of rotatable bonds is 8. The Kier molecular flexibility index (Phi) is 6.20. The molecule has 31 heavy (non-hydrogen) atoms. The molecule has 3 rings (SSSR count). The fraction of sp³-hybridized carbons (Fsp3) is 0.158. The van der Waals surface area contributed by atoms with Gasteiger partial charge >= 0.3 is 0 Å². The van der Waals surface area contributed by atoms with Gasteiger partial charge in [-0.2, -0.15) is 0 Å².